The van der Waals surface area contributed by atoms with Gasteiger partial charge >= 0.3 is 0 Å². The Bertz CT molecular complexity index is 1000. The molecule has 3 rings (SSSR count). The number of rotatable bonds is 10. The number of carbonyl (C=O) groups is 2. The first-order valence-corrected chi connectivity index (χ1v) is 10.6. The Hall–Kier alpha value is -3.64. The zero-order valence-corrected chi connectivity index (χ0v) is 18.3. The second-order valence-electron chi connectivity index (χ2n) is 7.21. The van der Waals surface area contributed by atoms with Gasteiger partial charge in [0, 0.05) is 23.4 Å². The van der Waals surface area contributed by atoms with Crippen molar-refractivity contribution in [3.05, 3.63) is 95.6 Å². The Kier molecular flexibility index (Phi) is 8.40. The predicted octanol–water partition coefficient (Wildman–Crippen LogP) is 4.85. The summed E-state index contributed by atoms with van der Waals surface area (Å²) in [4.78, 5) is 25.0. The van der Waals surface area contributed by atoms with E-state index in [0.717, 1.165) is 5.56 Å². The average Bonchev–Trinajstić information content (AvgIpc) is 2.83. The lowest BCUT2D eigenvalue weighted by atomic mass is 10.1. The summed E-state index contributed by atoms with van der Waals surface area (Å²) in [5.41, 5.74) is 2.69. The Morgan fingerprint density at radius 2 is 1.44 bits per heavy atom. The van der Waals surface area contributed by atoms with Crippen molar-refractivity contribution in [2.45, 2.75) is 19.9 Å². The maximum atomic E-state index is 12.5. The molecule has 1 unspecified atom stereocenters. The smallest absolute Gasteiger partial charge is 0.255 e. The van der Waals surface area contributed by atoms with E-state index in [1.807, 2.05) is 44.2 Å². The van der Waals surface area contributed by atoms with E-state index in [2.05, 4.69) is 10.6 Å². The molecule has 0 fully saturated rings. The molecule has 0 bridgehead atoms. The lowest BCUT2D eigenvalue weighted by molar-refractivity contribution is 0.0939. The van der Waals surface area contributed by atoms with Crippen molar-refractivity contribution >= 4 is 17.5 Å². The lowest BCUT2D eigenvalue weighted by Crippen LogP contribution is -2.26. The van der Waals surface area contributed by atoms with Crippen LogP contribution in [0.25, 0.3) is 0 Å². The summed E-state index contributed by atoms with van der Waals surface area (Å²) in [7, 11) is 0. The molecular formula is C26H28N2O4. The Morgan fingerprint density at radius 3 is 2.09 bits per heavy atom. The van der Waals surface area contributed by atoms with Gasteiger partial charge < -0.3 is 20.1 Å². The van der Waals surface area contributed by atoms with Gasteiger partial charge in [0.1, 0.15) is 12.4 Å². The van der Waals surface area contributed by atoms with E-state index in [9.17, 15) is 9.59 Å². The van der Waals surface area contributed by atoms with Gasteiger partial charge in [0.05, 0.1) is 12.6 Å². The first kappa shape index (κ1) is 23.0. The number of hydrogen-bond donors (Lipinski definition) is 2. The number of carbonyl (C=O) groups excluding carboxylic acids is 2. The van der Waals surface area contributed by atoms with Gasteiger partial charge in [-0.1, -0.05) is 30.3 Å². The first-order valence-electron chi connectivity index (χ1n) is 10.6. The third-order valence-electron chi connectivity index (χ3n) is 4.87. The minimum atomic E-state index is -0.235. The van der Waals surface area contributed by atoms with Crippen LogP contribution in [0.4, 0.5) is 5.69 Å². The summed E-state index contributed by atoms with van der Waals surface area (Å²) in [6, 6.07) is 23.4. The molecule has 3 aromatic rings. The van der Waals surface area contributed by atoms with E-state index in [1.54, 1.807) is 48.5 Å². The summed E-state index contributed by atoms with van der Waals surface area (Å²) in [6.45, 7) is 5.52. The van der Waals surface area contributed by atoms with Crippen LogP contribution >= 0.6 is 0 Å². The van der Waals surface area contributed by atoms with E-state index >= 15 is 0 Å². The molecule has 0 saturated heterocycles. The Morgan fingerprint density at radius 1 is 0.812 bits per heavy atom. The third kappa shape index (κ3) is 6.68. The van der Waals surface area contributed by atoms with Crippen molar-refractivity contribution in [2.24, 2.45) is 0 Å². The van der Waals surface area contributed by atoms with Crippen LogP contribution in [0.2, 0.25) is 0 Å². The zero-order chi connectivity index (χ0) is 22.8. The SMILES string of the molecule is CCOCCOc1ccc(C(=O)Nc2ccc(C(=O)NC(C)c3ccccc3)cc2)cc1. The van der Waals surface area contributed by atoms with Crippen LogP contribution in [-0.4, -0.2) is 31.6 Å². The topological polar surface area (TPSA) is 76.7 Å². The second-order valence-corrected chi connectivity index (χ2v) is 7.21. The quantitative estimate of drug-likeness (QED) is 0.449. The first-order chi connectivity index (χ1) is 15.6. The minimum absolute atomic E-state index is 0.103. The van der Waals surface area contributed by atoms with Crippen molar-refractivity contribution in [3.63, 3.8) is 0 Å². The normalized spacial score (nSPS) is 11.4. The van der Waals surface area contributed by atoms with E-state index in [-0.39, 0.29) is 17.9 Å². The van der Waals surface area contributed by atoms with E-state index < -0.39 is 0 Å². The molecule has 0 aliphatic rings. The van der Waals surface area contributed by atoms with Gasteiger partial charge in [-0.3, -0.25) is 9.59 Å². The van der Waals surface area contributed by atoms with Crippen molar-refractivity contribution in [2.75, 3.05) is 25.1 Å². The molecule has 0 heterocycles. The van der Waals surface area contributed by atoms with Crippen LogP contribution in [0.1, 0.15) is 46.2 Å². The largest absolute Gasteiger partial charge is 0.491 e. The molecular weight excluding hydrogens is 404 g/mol. The van der Waals surface area contributed by atoms with Gasteiger partial charge in [-0.05, 0) is 67.9 Å². The van der Waals surface area contributed by atoms with E-state index in [4.69, 9.17) is 9.47 Å². The van der Waals surface area contributed by atoms with Gasteiger partial charge in [0.25, 0.3) is 11.8 Å². The monoisotopic (exact) mass is 432 g/mol. The molecule has 2 N–H and O–H groups in total. The van der Waals surface area contributed by atoms with Gasteiger partial charge in [0.2, 0.25) is 0 Å². The van der Waals surface area contributed by atoms with Crippen molar-refractivity contribution < 1.29 is 19.1 Å². The van der Waals surface area contributed by atoms with Gasteiger partial charge in [-0.2, -0.15) is 0 Å². The van der Waals surface area contributed by atoms with Crippen molar-refractivity contribution in [1.29, 1.82) is 0 Å². The fraction of sp³-hybridized carbons (Fsp3) is 0.231. The molecule has 32 heavy (non-hydrogen) atoms. The van der Waals surface area contributed by atoms with Gasteiger partial charge in [-0.25, -0.2) is 0 Å². The average molecular weight is 433 g/mol. The summed E-state index contributed by atoms with van der Waals surface area (Å²) < 4.78 is 10.8. The zero-order valence-electron chi connectivity index (χ0n) is 18.3. The van der Waals surface area contributed by atoms with E-state index in [0.29, 0.717) is 42.4 Å². The van der Waals surface area contributed by atoms with Crippen LogP contribution in [0.5, 0.6) is 5.75 Å². The van der Waals surface area contributed by atoms with Crippen LogP contribution in [0, 0.1) is 0 Å². The molecule has 0 spiro atoms. The molecule has 1 atom stereocenters. The number of anilines is 1. The van der Waals surface area contributed by atoms with Crippen LogP contribution in [-0.2, 0) is 4.74 Å². The van der Waals surface area contributed by atoms with Crippen LogP contribution < -0.4 is 15.4 Å². The highest BCUT2D eigenvalue weighted by atomic mass is 16.5. The molecule has 166 valence electrons. The number of benzene rings is 3. The highest BCUT2D eigenvalue weighted by molar-refractivity contribution is 6.04. The summed E-state index contributed by atoms with van der Waals surface area (Å²) >= 11 is 0. The maximum absolute atomic E-state index is 12.5. The number of ether oxygens (including phenoxy) is 2. The molecule has 0 saturated carbocycles. The molecule has 6 nitrogen and oxygen atoms in total. The second kappa shape index (κ2) is 11.7. The summed E-state index contributed by atoms with van der Waals surface area (Å²) in [5.74, 6) is 0.279. The highest BCUT2D eigenvalue weighted by Gasteiger charge is 2.12. The molecule has 0 aliphatic carbocycles. The molecule has 0 aliphatic heterocycles. The number of hydrogen-bond acceptors (Lipinski definition) is 4. The van der Waals surface area contributed by atoms with Gasteiger partial charge in [0.15, 0.2) is 0 Å². The molecule has 0 aromatic heterocycles. The van der Waals surface area contributed by atoms with Crippen LogP contribution in [0.15, 0.2) is 78.9 Å². The summed E-state index contributed by atoms with van der Waals surface area (Å²) in [6.07, 6.45) is 0. The standard InChI is InChI=1S/C26H28N2O4/c1-3-31-17-18-32-24-15-11-22(12-16-24)26(30)28-23-13-9-21(10-14-23)25(29)27-19(2)20-7-5-4-6-8-20/h4-16,19H,3,17-18H2,1-2H3,(H,27,29)(H,28,30). The Balaban J connectivity index is 1.52. The predicted molar refractivity (Wildman–Crippen MR) is 125 cm³/mol. The van der Waals surface area contributed by atoms with Gasteiger partial charge in [-0.15, -0.1) is 0 Å². The molecule has 3 aromatic carbocycles. The number of nitrogens with one attached hydrogen (secondary N) is 2. The van der Waals surface area contributed by atoms with Crippen LogP contribution in [0.3, 0.4) is 0 Å². The van der Waals surface area contributed by atoms with E-state index in [1.165, 1.54) is 0 Å². The minimum Gasteiger partial charge on any atom is -0.491 e. The number of amides is 2. The van der Waals surface area contributed by atoms with Crippen molar-refractivity contribution in [1.82, 2.24) is 5.32 Å². The third-order valence-corrected chi connectivity index (χ3v) is 4.87. The highest BCUT2D eigenvalue weighted by Crippen LogP contribution is 2.16. The molecule has 2 amide bonds. The fourth-order valence-corrected chi connectivity index (χ4v) is 3.08. The fourth-order valence-electron chi connectivity index (χ4n) is 3.08. The summed E-state index contributed by atoms with van der Waals surface area (Å²) in [5, 5.41) is 5.82. The molecule has 6 heteroatoms. The Labute approximate surface area is 188 Å². The maximum Gasteiger partial charge on any atom is 0.255 e. The lowest BCUT2D eigenvalue weighted by Gasteiger charge is -2.14. The molecule has 0 radical (unpaired) electrons. The van der Waals surface area contributed by atoms with Crippen molar-refractivity contribution in [3.8, 4) is 5.75 Å².